The van der Waals surface area contributed by atoms with Crippen molar-refractivity contribution in [2.75, 3.05) is 32.8 Å². The maximum Gasteiger partial charge on any atom is 0.225 e. The molecule has 1 N–H and O–H groups in total. The zero-order valence-electron chi connectivity index (χ0n) is 15.5. The molecule has 5 nitrogen and oxygen atoms in total. The van der Waals surface area contributed by atoms with Crippen LogP contribution < -0.4 is 5.32 Å². The van der Waals surface area contributed by atoms with Gasteiger partial charge in [0, 0.05) is 31.5 Å². The summed E-state index contributed by atoms with van der Waals surface area (Å²) in [6, 6.07) is 10.4. The summed E-state index contributed by atoms with van der Waals surface area (Å²) >= 11 is 0. The van der Waals surface area contributed by atoms with Crippen LogP contribution in [0.4, 0.5) is 0 Å². The molecule has 1 saturated heterocycles. The molecule has 2 aliphatic rings. The van der Waals surface area contributed by atoms with Gasteiger partial charge >= 0.3 is 0 Å². The Morgan fingerprint density at radius 2 is 1.65 bits per heavy atom. The van der Waals surface area contributed by atoms with Crippen molar-refractivity contribution in [2.45, 2.75) is 38.5 Å². The normalized spacial score (nSPS) is 23.5. The molecule has 5 heteroatoms. The quantitative estimate of drug-likeness (QED) is 0.795. The number of benzene rings is 1. The highest BCUT2D eigenvalue weighted by Crippen LogP contribution is 2.30. The molecule has 1 heterocycles. The third kappa shape index (κ3) is 5.31. The lowest BCUT2D eigenvalue weighted by Crippen LogP contribution is -2.45. The highest BCUT2D eigenvalue weighted by Gasteiger charge is 2.32. The largest absolute Gasteiger partial charge is 0.378 e. The maximum absolute atomic E-state index is 12.5. The predicted molar refractivity (Wildman–Crippen MR) is 101 cm³/mol. The molecule has 3 rings (SSSR count). The van der Waals surface area contributed by atoms with Crippen LogP contribution in [0.2, 0.25) is 0 Å². The van der Waals surface area contributed by atoms with Crippen LogP contribution in [0.15, 0.2) is 30.3 Å². The number of carbonyl (C=O) groups is 2. The van der Waals surface area contributed by atoms with Gasteiger partial charge in [-0.15, -0.1) is 0 Å². The van der Waals surface area contributed by atoms with Crippen molar-refractivity contribution in [1.29, 1.82) is 0 Å². The lowest BCUT2D eigenvalue weighted by Gasteiger charge is -2.33. The zero-order chi connectivity index (χ0) is 18.2. The van der Waals surface area contributed by atoms with E-state index in [1.165, 1.54) is 5.56 Å². The second kappa shape index (κ2) is 9.72. The summed E-state index contributed by atoms with van der Waals surface area (Å²) in [6.45, 7) is 3.43. The minimum absolute atomic E-state index is 0.0699. The molecular weight excluding hydrogens is 328 g/mol. The molecule has 1 aliphatic heterocycles. The van der Waals surface area contributed by atoms with Crippen molar-refractivity contribution < 1.29 is 14.3 Å². The minimum Gasteiger partial charge on any atom is -0.378 e. The lowest BCUT2D eigenvalue weighted by molar-refractivity contribution is -0.142. The van der Waals surface area contributed by atoms with E-state index in [0.29, 0.717) is 26.3 Å². The second-order valence-corrected chi connectivity index (χ2v) is 7.37. The number of ether oxygens (including phenoxy) is 1. The average molecular weight is 358 g/mol. The van der Waals surface area contributed by atoms with E-state index in [1.807, 2.05) is 23.1 Å². The highest BCUT2D eigenvalue weighted by atomic mass is 16.5. The molecule has 1 aliphatic carbocycles. The molecule has 1 saturated carbocycles. The number of nitrogens with one attached hydrogen (secondary N) is 1. The van der Waals surface area contributed by atoms with Gasteiger partial charge in [0.2, 0.25) is 11.8 Å². The highest BCUT2D eigenvalue weighted by molar-refractivity contribution is 5.81. The molecule has 2 amide bonds. The summed E-state index contributed by atoms with van der Waals surface area (Å²) in [7, 11) is 0. The molecule has 0 atom stereocenters. The van der Waals surface area contributed by atoms with Gasteiger partial charge in [0.15, 0.2) is 0 Å². The monoisotopic (exact) mass is 358 g/mol. The Morgan fingerprint density at radius 1 is 1.00 bits per heavy atom. The number of amides is 2. The Labute approximate surface area is 156 Å². The molecule has 1 aromatic rings. The first-order valence-electron chi connectivity index (χ1n) is 9.92. The van der Waals surface area contributed by atoms with Crippen molar-refractivity contribution in [3.63, 3.8) is 0 Å². The molecule has 26 heavy (non-hydrogen) atoms. The third-order valence-corrected chi connectivity index (χ3v) is 5.55. The van der Waals surface area contributed by atoms with Crippen LogP contribution in [-0.4, -0.2) is 49.6 Å². The molecule has 1 aromatic carbocycles. The van der Waals surface area contributed by atoms with Crippen molar-refractivity contribution >= 4 is 11.8 Å². The smallest absolute Gasteiger partial charge is 0.225 e. The Kier molecular flexibility index (Phi) is 7.06. The van der Waals surface area contributed by atoms with Crippen LogP contribution in [-0.2, 0) is 20.7 Å². The van der Waals surface area contributed by atoms with Crippen LogP contribution in [0.1, 0.15) is 37.7 Å². The summed E-state index contributed by atoms with van der Waals surface area (Å²) in [5.41, 5.74) is 1.31. The number of carbonyl (C=O) groups excluding carboxylic acids is 2. The Bertz CT molecular complexity index is 576. The van der Waals surface area contributed by atoms with Crippen molar-refractivity contribution in [1.82, 2.24) is 10.2 Å². The van der Waals surface area contributed by atoms with E-state index in [2.05, 4.69) is 17.4 Å². The SMILES string of the molecule is O=C(NCCCc1ccccc1)C1CCC(C(=O)N2CCOCC2)CC1. The van der Waals surface area contributed by atoms with Gasteiger partial charge in [0.1, 0.15) is 0 Å². The third-order valence-electron chi connectivity index (χ3n) is 5.55. The number of hydrogen-bond acceptors (Lipinski definition) is 3. The number of nitrogens with zero attached hydrogens (tertiary/aromatic N) is 1. The number of aryl methyl sites for hydroxylation is 1. The Hall–Kier alpha value is -1.88. The van der Waals surface area contributed by atoms with Gasteiger partial charge in [-0.25, -0.2) is 0 Å². The molecule has 142 valence electrons. The predicted octanol–water partition coefficient (Wildman–Crippen LogP) is 2.40. The summed E-state index contributed by atoms with van der Waals surface area (Å²) in [6.07, 6.45) is 5.26. The van der Waals surface area contributed by atoms with Crippen LogP contribution in [0.5, 0.6) is 0 Å². The minimum atomic E-state index is 0.0699. The van der Waals surface area contributed by atoms with Crippen molar-refractivity contribution in [3.8, 4) is 0 Å². The van der Waals surface area contributed by atoms with Gasteiger partial charge in [-0.05, 0) is 44.1 Å². The molecule has 0 aromatic heterocycles. The molecule has 0 unspecified atom stereocenters. The summed E-state index contributed by atoms with van der Waals surface area (Å²) < 4.78 is 5.31. The molecule has 0 bridgehead atoms. The second-order valence-electron chi connectivity index (χ2n) is 7.37. The van der Waals surface area contributed by atoms with Crippen LogP contribution in [0.25, 0.3) is 0 Å². The van der Waals surface area contributed by atoms with E-state index in [0.717, 1.165) is 45.1 Å². The topological polar surface area (TPSA) is 58.6 Å². The van der Waals surface area contributed by atoms with E-state index in [1.54, 1.807) is 0 Å². The van der Waals surface area contributed by atoms with Gasteiger partial charge in [0.25, 0.3) is 0 Å². The summed E-state index contributed by atoms with van der Waals surface area (Å²) in [5.74, 6) is 0.584. The van der Waals surface area contributed by atoms with Crippen LogP contribution in [0, 0.1) is 11.8 Å². The molecule has 2 fully saturated rings. The Morgan fingerprint density at radius 3 is 2.35 bits per heavy atom. The van der Waals surface area contributed by atoms with Crippen molar-refractivity contribution in [2.24, 2.45) is 11.8 Å². The van der Waals surface area contributed by atoms with E-state index in [-0.39, 0.29) is 23.7 Å². The first-order valence-corrected chi connectivity index (χ1v) is 9.92. The Balaban J connectivity index is 1.33. The fraction of sp³-hybridized carbons (Fsp3) is 0.619. The standard InChI is InChI=1S/C21H30N2O3/c24-20(22-12-4-7-17-5-2-1-3-6-17)18-8-10-19(11-9-18)21(25)23-13-15-26-16-14-23/h1-3,5-6,18-19H,4,7-16H2,(H,22,24). The number of rotatable bonds is 6. The first kappa shape index (κ1) is 18.9. The van der Waals surface area contributed by atoms with E-state index >= 15 is 0 Å². The first-order chi connectivity index (χ1) is 12.7. The van der Waals surface area contributed by atoms with E-state index in [4.69, 9.17) is 4.74 Å². The fourth-order valence-electron chi connectivity index (χ4n) is 3.94. The molecule has 0 radical (unpaired) electrons. The summed E-state index contributed by atoms with van der Waals surface area (Å²) in [4.78, 5) is 26.8. The average Bonchev–Trinajstić information content (AvgIpc) is 2.72. The zero-order valence-corrected chi connectivity index (χ0v) is 15.5. The van der Waals surface area contributed by atoms with Gasteiger partial charge in [-0.1, -0.05) is 30.3 Å². The van der Waals surface area contributed by atoms with Gasteiger partial charge in [-0.2, -0.15) is 0 Å². The summed E-state index contributed by atoms with van der Waals surface area (Å²) in [5, 5.41) is 3.08. The van der Waals surface area contributed by atoms with Crippen LogP contribution in [0.3, 0.4) is 0 Å². The van der Waals surface area contributed by atoms with Crippen LogP contribution >= 0.6 is 0 Å². The molecular formula is C21H30N2O3. The van der Waals surface area contributed by atoms with Gasteiger partial charge in [0.05, 0.1) is 13.2 Å². The maximum atomic E-state index is 12.5. The number of morpholine rings is 1. The van der Waals surface area contributed by atoms with E-state index < -0.39 is 0 Å². The lowest BCUT2D eigenvalue weighted by atomic mass is 9.81. The van der Waals surface area contributed by atoms with Crippen molar-refractivity contribution in [3.05, 3.63) is 35.9 Å². The van der Waals surface area contributed by atoms with Gasteiger partial charge < -0.3 is 15.0 Å². The molecule has 0 spiro atoms. The van der Waals surface area contributed by atoms with E-state index in [9.17, 15) is 9.59 Å². The fourth-order valence-corrected chi connectivity index (χ4v) is 3.94. The number of hydrogen-bond donors (Lipinski definition) is 1. The van der Waals surface area contributed by atoms with Gasteiger partial charge in [-0.3, -0.25) is 9.59 Å².